The standard InChI is InChI=1S/C23H24N4O3/c1-3-13-24-22(28)21-15-26(19-6-4-5-7-20(19)30-21)23(29)17-8-10-18(11-9-17)27-16(2)12-14-25-27/h4-12,14,21H,3,13,15H2,1-2H3,(H,24,28)/t21-/m0/s1. The van der Waals surface area contributed by atoms with Crippen LogP contribution in [-0.2, 0) is 4.79 Å². The Bertz CT molecular complexity index is 1060. The fourth-order valence-corrected chi connectivity index (χ4v) is 3.47. The van der Waals surface area contributed by atoms with Gasteiger partial charge in [-0.2, -0.15) is 5.10 Å². The second-order valence-corrected chi connectivity index (χ2v) is 7.21. The van der Waals surface area contributed by atoms with Gasteiger partial charge in [0.05, 0.1) is 17.9 Å². The maximum Gasteiger partial charge on any atom is 0.262 e. The topological polar surface area (TPSA) is 76.5 Å². The van der Waals surface area contributed by atoms with Crippen LogP contribution in [0.15, 0.2) is 60.8 Å². The SMILES string of the molecule is CCCNC(=O)[C@@H]1CN(C(=O)c2ccc(-n3nccc3C)cc2)c2ccccc2O1. The molecule has 4 rings (SSSR count). The van der Waals surface area contributed by atoms with Gasteiger partial charge in [0, 0.05) is 24.0 Å². The first-order chi connectivity index (χ1) is 14.6. The van der Waals surface area contributed by atoms with Crippen LogP contribution in [0.2, 0.25) is 0 Å². The number of nitrogens with one attached hydrogen (secondary N) is 1. The number of aromatic nitrogens is 2. The van der Waals surface area contributed by atoms with Crippen molar-refractivity contribution in [1.82, 2.24) is 15.1 Å². The summed E-state index contributed by atoms with van der Waals surface area (Å²) in [7, 11) is 0. The lowest BCUT2D eigenvalue weighted by molar-refractivity contribution is -0.127. The summed E-state index contributed by atoms with van der Waals surface area (Å²) in [6.45, 7) is 4.69. The summed E-state index contributed by atoms with van der Waals surface area (Å²) in [5.41, 5.74) is 3.09. The van der Waals surface area contributed by atoms with Crippen molar-refractivity contribution in [2.24, 2.45) is 0 Å². The van der Waals surface area contributed by atoms with Crippen molar-refractivity contribution in [1.29, 1.82) is 0 Å². The Morgan fingerprint density at radius 3 is 2.60 bits per heavy atom. The number of fused-ring (bicyclic) bond motifs is 1. The third-order valence-corrected chi connectivity index (χ3v) is 5.05. The molecule has 1 aromatic heterocycles. The molecule has 7 heteroatoms. The predicted molar refractivity (Wildman–Crippen MR) is 114 cm³/mol. The Kier molecular flexibility index (Phi) is 5.52. The minimum absolute atomic E-state index is 0.158. The molecule has 7 nitrogen and oxygen atoms in total. The summed E-state index contributed by atoms with van der Waals surface area (Å²) in [6.07, 6.45) is 1.82. The fourth-order valence-electron chi connectivity index (χ4n) is 3.47. The molecular weight excluding hydrogens is 380 g/mol. The molecule has 30 heavy (non-hydrogen) atoms. The molecule has 0 bridgehead atoms. The molecule has 2 heterocycles. The van der Waals surface area contributed by atoms with Gasteiger partial charge in [0.2, 0.25) is 0 Å². The summed E-state index contributed by atoms with van der Waals surface area (Å²) >= 11 is 0. The van der Waals surface area contributed by atoms with E-state index in [4.69, 9.17) is 4.74 Å². The average molecular weight is 404 g/mol. The van der Waals surface area contributed by atoms with E-state index in [2.05, 4.69) is 10.4 Å². The monoisotopic (exact) mass is 404 g/mol. The molecular formula is C23H24N4O3. The zero-order valence-electron chi connectivity index (χ0n) is 17.0. The van der Waals surface area contributed by atoms with Crippen LogP contribution in [0.25, 0.3) is 5.69 Å². The molecule has 0 fully saturated rings. The van der Waals surface area contributed by atoms with Gasteiger partial charge in [-0.05, 0) is 55.8 Å². The molecule has 1 aliphatic heterocycles. The lowest BCUT2D eigenvalue weighted by atomic mass is 10.1. The van der Waals surface area contributed by atoms with Crippen molar-refractivity contribution in [3.05, 3.63) is 72.1 Å². The number of carbonyl (C=O) groups is 2. The molecule has 1 N–H and O–H groups in total. The van der Waals surface area contributed by atoms with Crippen molar-refractivity contribution < 1.29 is 14.3 Å². The number of rotatable bonds is 5. The summed E-state index contributed by atoms with van der Waals surface area (Å²) in [4.78, 5) is 27.4. The van der Waals surface area contributed by atoms with Crippen molar-refractivity contribution in [2.45, 2.75) is 26.4 Å². The molecule has 0 aliphatic carbocycles. The van der Waals surface area contributed by atoms with Gasteiger partial charge in [0.1, 0.15) is 5.75 Å². The molecule has 3 aromatic rings. The first kappa shape index (κ1) is 19.7. The van der Waals surface area contributed by atoms with Crippen LogP contribution in [0, 0.1) is 6.92 Å². The molecule has 2 amide bonds. The first-order valence-corrected chi connectivity index (χ1v) is 10.0. The second kappa shape index (κ2) is 8.41. The lowest BCUT2D eigenvalue weighted by Crippen LogP contribution is -2.50. The smallest absolute Gasteiger partial charge is 0.262 e. The average Bonchev–Trinajstić information content (AvgIpc) is 3.22. The van der Waals surface area contributed by atoms with Gasteiger partial charge in [-0.25, -0.2) is 4.68 Å². The van der Waals surface area contributed by atoms with Gasteiger partial charge >= 0.3 is 0 Å². The van der Waals surface area contributed by atoms with Gasteiger partial charge in [0.15, 0.2) is 6.10 Å². The van der Waals surface area contributed by atoms with Gasteiger partial charge < -0.3 is 15.0 Å². The van der Waals surface area contributed by atoms with E-state index in [1.165, 1.54) is 0 Å². The Labute approximate surface area is 175 Å². The highest BCUT2D eigenvalue weighted by molar-refractivity contribution is 6.08. The number of hydrogen-bond donors (Lipinski definition) is 1. The van der Waals surface area contributed by atoms with Crippen molar-refractivity contribution in [3.8, 4) is 11.4 Å². The predicted octanol–water partition coefficient (Wildman–Crippen LogP) is 3.11. The van der Waals surface area contributed by atoms with Crippen molar-refractivity contribution >= 4 is 17.5 Å². The van der Waals surface area contributed by atoms with E-state index in [0.717, 1.165) is 17.8 Å². The van der Waals surface area contributed by atoms with Gasteiger partial charge in [0.25, 0.3) is 11.8 Å². The minimum Gasteiger partial charge on any atom is -0.477 e. The lowest BCUT2D eigenvalue weighted by Gasteiger charge is -2.34. The van der Waals surface area contributed by atoms with E-state index in [1.54, 1.807) is 29.3 Å². The third kappa shape index (κ3) is 3.78. The first-order valence-electron chi connectivity index (χ1n) is 10.0. The van der Waals surface area contributed by atoms with Crippen LogP contribution in [-0.4, -0.2) is 40.8 Å². The van der Waals surface area contributed by atoms with E-state index < -0.39 is 6.10 Å². The Hall–Kier alpha value is -3.61. The summed E-state index contributed by atoms with van der Waals surface area (Å²) in [5.74, 6) is 0.133. The highest BCUT2D eigenvalue weighted by Gasteiger charge is 2.34. The van der Waals surface area contributed by atoms with E-state index in [9.17, 15) is 9.59 Å². The van der Waals surface area contributed by atoms with E-state index >= 15 is 0 Å². The quantitative estimate of drug-likeness (QED) is 0.709. The van der Waals surface area contributed by atoms with Crippen LogP contribution >= 0.6 is 0 Å². The highest BCUT2D eigenvalue weighted by Crippen LogP contribution is 2.34. The van der Waals surface area contributed by atoms with E-state index in [-0.39, 0.29) is 18.4 Å². The maximum atomic E-state index is 13.3. The molecule has 1 aliphatic rings. The van der Waals surface area contributed by atoms with Crippen LogP contribution in [0.4, 0.5) is 5.69 Å². The minimum atomic E-state index is -0.749. The summed E-state index contributed by atoms with van der Waals surface area (Å²) in [5, 5.41) is 7.14. The number of hydrogen-bond acceptors (Lipinski definition) is 4. The second-order valence-electron chi connectivity index (χ2n) is 7.21. The van der Waals surface area contributed by atoms with Crippen LogP contribution in [0.3, 0.4) is 0 Å². The molecule has 1 atom stereocenters. The van der Waals surface area contributed by atoms with Crippen LogP contribution < -0.4 is 15.0 Å². The highest BCUT2D eigenvalue weighted by atomic mass is 16.5. The largest absolute Gasteiger partial charge is 0.477 e. The number of aryl methyl sites for hydroxylation is 1. The van der Waals surface area contributed by atoms with Gasteiger partial charge in [-0.1, -0.05) is 19.1 Å². The van der Waals surface area contributed by atoms with Gasteiger partial charge in [-0.3, -0.25) is 9.59 Å². The number of ether oxygens (including phenoxy) is 1. The maximum absolute atomic E-state index is 13.3. The number of benzene rings is 2. The Morgan fingerprint density at radius 1 is 1.13 bits per heavy atom. The molecule has 0 unspecified atom stereocenters. The normalized spacial score (nSPS) is 15.3. The molecule has 0 radical (unpaired) electrons. The number of nitrogens with zero attached hydrogens (tertiary/aromatic N) is 3. The molecule has 154 valence electrons. The Balaban J connectivity index is 1.60. The zero-order chi connectivity index (χ0) is 21.1. The summed E-state index contributed by atoms with van der Waals surface area (Å²) < 4.78 is 7.68. The van der Waals surface area contributed by atoms with Crippen LogP contribution in [0.1, 0.15) is 29.4 Å². The fraction of sp³-hybridized carbons (Fsp3) is 0.261. The number of amides is 2. The zero-order valence-corrected chi connectivity index (χ0v) is 17.0. The molecule has 0 saturated carbocycles. The van der Waals surface area contributed by atoms with Gasteiger partial charge in [-0.15, -0.1) is 0 Å². The van der Waals surface area contributed by atoms with Crippen molar-refractivity contribution in [2.75, 3.05) is 18.0 Å². The molecule has 2 aromatic carbocycles. The molecule has 0 spiro atoms. The van der Waals surface area contributed by atoms with E-state index in [1.807, 2.05) is 54.9 Å². The Morgan fingerprint density at radius 2 is 1.90 bits per heavy atom. The van der Waals surface area contributed by atoms with Crippen molar-refractivity contribution in [3.63, 3.8) is 0 Å². The third-order valence-electron chi connectivity index (χ3n) is 5.05. The molecule has 0 saturated heterocycles. The number of carbonyl (C=O) groups excluding carboxylic acids is 2. The number of anilines is 1. The summed E-state index contributed by atoms with van der Waals surface area (Å²) in [6, 6.07) is 16.5. The van der Waals surface area contributed by atoms with E-state index in [0.29, 0.717) is 23.5 Å². The number of para-hydroxylation sites is 2. The van der Waals surface area contributed by atoms with Crippen LogP contribution in [0.5, 0.6) is 5.75 Å².